The molecule has 0 aliphatic rings. The third kappa shape index (κ3) is 21.9. The highest BCUT2D eigenvalue weighted by molar-refractivity contribution is 7.48. The van der Waals surface area contributed by atoms with Gasteiger partial charge in [-0.15, -0.1) is 0 Å². The van der Waals surface area contributed by atoms with Gasteiger partial charge >= 0.3 is 7.82 Å². The second-order valence-corrected chi connectivity index (χ2v) is 11.1. The zero-order valence-electron chi connectivity index (χ0n) is 22.2. The normalized spacial score (nSPS) is 11.8. The molecule has 0 rings (SSSR count). The number of unbranched alkanes of at least 4 members (excludes halogenated alkanes) is 14. The van der Waals surface area contributed by atoms with Crippen molar-refractivity contribution in [2.45, 2.75) is 142 Å². The first-order chi connectivity index (χ1) is 15.1. The summed E-state index contributed by atoms with van der Waals surface area (Å²) in [5.41, 5.74) is 0. The Morgan fingerprint density at radius 1 is 0.562 bits per heavy atom. The third-order valence-electron chi connectivity index (χ3n) is 6.39. The van der Waals surface area contributed by atoms with E-state index in [0.717, 1.165) is 18.8 Å². The number of phosphoric ester groups is 1. The average molecular weight is 480 g/mol. The number of phosphoric acid groups is 1. The Morgan fingerprint density at radius 3 is 1.28 bits per heavy atom. The van der Waals surface area contributed by atoms with E-state index in [4.69, 9.17) is 13.6 Å². The fourth-order valence-electron chi connectivity index (χ4n) is 4.30. The highest BCUT2D eigenvalue weighted by Gasteiger charge is 2.22. The van der Waals surface area contributed by atoms with Crippen LogP contribution in [0.2, 0.25) is 0 Å². The highest BCUT2D eigenvalue weighted by atomic mass is 31.2. The molecule has 0 fully saturated rings. The van der Waals surface area contributed by atoms with Gasteiger partial charge in [-0.3, -0.25) is 13.6 Å². The molecule has 0 saturated heterocycles. The lowest BCUT2D eigenvalue weighted by atomic mass is 9.90. The summed E-state index contributed by atoms with van der Waals surface area (Å²) in [6.07, 6.45) is 26.8. The summed E-state index contributed by atoms with van der Waals surface area (Å²) in [5, 5.41) is 0. The minimum absolute atomic E-state index is 0. The molecule has 32 heavy (non-hydrogen) atoms. The van der Waals surface area contributed by atoms with Gasteiger partial charge in [-0.1, -0.05) is 129 Å². The predicted octanol–water partition coefficient (Wildman–Crippen LogP) is 10.0. The minimum atomic E-state index is -3.33. The van der Waals surface area contributed by atoms with Crippen molar-refractivity contribution in [2.75, 3.05) is 20.8 Å². The van der Waals surface area contributed by atoms with Crippen LogP contribution in [0.1, 0.15) is 142 Å². The molecule has 0 bridgehead atoms. The standard InChI is InChI=1S/C26H55O4P.H3N/c1-5-7-9-11-13-15-17-19-22-26(23-20-18-16-14-12-10-8-6-2)24-21-25-30-31(27,28-3)29-4;/h26H,5-25H2,1-4H3;1H3. The van der Waals surface area contributed by atoms with E-state index < -0.39 is 7.82 Å². The highest BCUT2D eigenvalue weighted by Crippen LogP contribution is 2.47. The van der Waals surface area contributed by atoms with Gasteiger partial charge in [0.15, 0.2) is 0 Å². The molecule has 196 valence electrons. The lowest BCUT2D eigenvalue weighted by Gasteiger charge is -2.18. The SMILES string of the molecule is CCCCCCCCCCC(CCCCCCCCCC)CCCOP(=O)(OC)OC.N. The molecule has 0 unspecified atom stereocenters. The van der Waals surface area contributed by atoms with Crippen LogP contribution in [-0.4, -0.2) is 20.8 Å². The van der Waals surface area contributed by atoms with Crippen molar-refractivity contribution in [1.29, 1.82) is 0 Å². The summed E-state index contributed by atoms with van der Waals surface area (Å²) in [4.78, 5) is 0. The van der Waals surface area contributed by atoms with Crippen LogP contribution in [0, 0.1) is 5.92 Å². The molecule has 6 heteroatoms. The van der Waals surface area contributed by atoms with Crippen molar-refractivity contribution in [3.63, 3.8) is 0 Å². The molecular weight excluding hydrogens is 421 g/mol. The molecule has 0 aliphatic carbocycles. The maximum Gasteiger partial charge on any atom is 0.474 e. The number of hydrogen-bond acceptors (Lipinski definition) is 5. The minimum Gasteiger partial charge on any atom is -0.344 e. The Bertz CT molecular complexity index is 381. The van der Waals surface area contributed by atoms with Crippen LogP contribution in [0.15, 0.2) is 0 Å². The van der Waals surface area contributed by atoms with Crippen LogP contribution in [0.25, 0.3) is 0 Å². The second kappa shape index (κ2) is 25.7. The quantitative estimate of drug-likeness (QED) is 0.104. The van der Waals surface area contributed by atoms with Crippen LogP contribution >= 0.6 is 7.82 Å². The van der Waals surface area contributed by atoms with Crippen LogP contribution < -0.4 is 6.15 Å². The van der Waals surface area contributed by atoms with E-state index in [1.54, 1.807) is 0 Å². The van der Waals surface area contributed by atoms with Gasteiger partial charge in [-0.05, 0) is 18.8 Å². The van der Waals surface area contributed by atoms with Gasteiger partial charge in [0, 0.05) is 14.2 Å². The van der Waals surface area contributed by atoms with Crippen LogP contribution in [0.3, 0.4) is 0 Å². The maximum atomic E-state index is 12.0. The molecule has 0 aromatic heterocycles. The van der Waals surface area contributed by atoms with Crippen LogP contribution in [0.5, 0.6) is 0 Å². The van der Waals surface area contributed by atoms with Crippen LogP contribution in [0.4, 0.5) is 0 Å². The third-order valence-corrected chi connectivity index (χ3v) is 7.78. The van der Waals surface area contributed by atoms with Gasteiger partial charge in [0.25, 0.3) is 0 Å². The molecule has 0 atom stereocenters. The van der Waals surface area contributed by atoms with Crippen LogP contribution in [-0.2, 0) is 18.1 Å². The van der Waals surface area contributed by atoms with Crippen molar-refractivity contribution in [1.82, 2.24) is 6.15 Å². The van der Waals surface area contributed by atoms with Crippen molar-refractivity contribution in [3.8, 4) is 0 Å². The molecular formula is C26H58NO4P. The van der Waals surface area contributed by atoms with E-state index in [1.807, 2.05) is 0 Å². The zero-order valence-corrected chi connectivity index (χ0v) is 23.1. The Morgan fingerprint density at radius 2 is 0.906 bits per heavy atom. The first kappa shape index (κ1) is 34.2. The average Bonchev–Trinajstić information content (AvgIpc) is 2.79. The fourth-order valence-corrected chi connectivity index (χ4v) is 5.01. The molecule has 0 spiro atoms. The van der Waals surface area contributed by atoms with E-state index in [1.165, 1.54) is 130 Å². The molecule has 0 aromatic carbocycles. The van der Waals surface area contributed by atoms with Gasteiger partial charge < -0.3 is 6.15 Å². The summed E-state index contributed by atoms with van der Waals surface area (Å²) in [6, 6.07) is 0. The van der Waals surface area contributed by atoms with E-state index in [9.17, 15) is 4.57 Å². The van der Waals surface area contributed by atoms with Gasteiger partial charge in [0.1, 0.15) is 0 Å². The molecule has 0 heterocycles. The molecule has 0 radical (unpaired) electrons. The van der Waals surface area contributed by atoms with Gasteiger partial charge in [-0.2, -0.15) is 0 Å². The Balaban J connectivity index is 0. The topological polar surface area (TPSA) is 79.8 Å². The van der Waals surface area contributed by atoms with Crippen molar-refractivity contribution < 1.29 is 18.1 Å². The lowest BCUT2D eigenvalue weighted by molar-refractivity contribution is 0.147. The molecule has 0 saturated carbocycles. The monoisotopic (exact) mass is 479 g/mol. The van der Waals surface area contributed by atoms with Crippen molar-refractivity contribution >= 4 is 7.82 Å². The molecule has 3 N–H and O–H groups in total. The summed E-state index contributed by atoms with van der Waals surface area (Å²) in [5.74, 6) is 0.772. The largest absolute Gasteiger partial charge is 0.474 e. The summed E-state index contributed by atoms with van der Waals surface area (Å²) < 4.78 is 27.1. The molecule has 0 aromatic rings. The summed E-state index contributed by atoms with van der Waals surface area (Å²) >= 11 is 0. The molecule has 5 nitrogen and oxygen atoms in total. The smallest absolute Gasteiger partial charge is 0.344 e. The van der Waals surface area contributed by atoms with E-state index >= 15 is 0 Å². The zero-order chi connectivity index (χ0) is 23.0. The Labute approximate surface area is 201 Å². The van der Waals surface area contributed by atoms with Crippen molar-refractivity contribution in [3.05, 3.63) is 0 Å². The summed E-state index contributed by atoms with van der Waals surface area (Å²) in [7, 11) is -0.580. The predicted molar refractivity (Wildman–Crippen MR) is 140 cm³/mol. The van der Waals surface area contributed by atoms with E-state index in [0.29, 0.717) is 6.61 Å². The number of rotatable bonds is 25. The van der Waals surface area contributed by atoms with Gasteiger partial charge in [-0.25, -0.2) is 4.57 Å². The number of hydrogen-bond donors (Lipinski definition) is 1. The Hall–Kier alpha value is 0.0700. The second-order valence-electron chi connectivity index (χ2n) is 9.18. The fraction of sp³-hybridized carbons (Fsp3) is 1.00. The maximum absolute atomic E-state index is 12.0. The Kier molecular flexibility index (Phi) is 27.5. The van der Waals surface area contributed by atoms with Gasteiger partial charge in [0.05, 0.1) is 6.61 Å². The van der Waals surface area contributed by atoms with Crippen molar-refractivity contribution in [2.24, 2.45) is 5.92 Å². The van der Waals surface area contributed by atoms with Gasteiger partial charge in [0.2, 0.25) is 0 Å². The first-order valence-corrected chi connectivity index (χ1v) is 14.9. The molecule has 0 amide bonds. The molecule has 0 aliphatic heterocycles. The lowest BCUT2D eigenvalue weighted by Crippen LogP contribution is -2.04. The van der Waals surface area contributed by atoms with E-state index in [-0.39, 0.29) is 6.15 Å². The summed E-state index contributed by atoms with van der Waals surface area (Å²) in [6.45, 7) is 5.01. The first-order valence-electron chi connectivity index (χ1n) is 13.5. The van der Waals surface area contributed by atoms with E-state index in [2.05, 4.69) is 13.8 Å².